The summed E-state index contributed by atoms with van der Waals surface area (Å²) in [5.41, 5.74) is 2.57. The Morgan fingerprint density at radius 2 is 2.29 bits per heavy atom. The van der Waals surface area contributed by atoms with Gasteiger partial charge in [-0.1, -0.05) is 23.6 Å². The van der Waals surface area contributed by atoms with Crippen LogP contribution in [-0.2, 0) is 5.75 Å². The maximum Gasteiger partial charge on any atom is 0.181 e. The number of hydrogen-bond acceptors (Lipinski definition) is 6. The van der Waals surface area contributed by atoms with Crippen molar-refractivity contribution in [3.63, 3.8) is 0 Å². The average molecular weight is 316 g/mol. The SMILES string of the molecule is OCCC#Cc1ccsc1CSc1ncnc2nc[nH]c12. The van der Waals surface area contributed by atoms with Crippen molar-refractivity contribution in [2.75, 3.05) is 6.61 Å². The lowest BCUT2D eigenvalue weighted by molar-refractivity contribution is 0.305. The molecular formula is C14H12N4OS2. The maximum atomic E-state index is 8.77. The molecule has 0 spiro atoms. The van der Waals surface area contributed by atoms with Crippen molar-refractivity contribution < 1.29 is 5.11 Å². The van der Waals surface area contributed by atoms with Gasteiger partial charge in [-0.3, -0.25) is 0 Å². The molecule has 0 amide bonds. The number of H-pyrrole nitrogens is 1. The highest BCUT2D eigenvalue weighted by atomic mass is 32.2. The molecule has 0 aliphatic rings. The van der Waals surface area contributed by atoms with Crippen LogP contribution in [0.4, 0.5) is 0 Å². The van der Waals surface area contributed by atoms with Gasteiger partial charge >= 0.3 is 0 Å². The summed E-state index contributed by atoms with van der Waals surface area (Å²) in [5, 5.41) is 11.7. The van der Waals surface area contributed by atoms with E-state index in [0.29, 0.717) is 12.1 Å². The molecule has 106 valence electrons. The monoisotopic (exact) mass is 316 g/mol. The van der Waals surface area contributed by atoms with E-state index in [-0.39, 0.29) is 6.61 Å². The Labute approximate surface area is 129 Å². The van der Waals surface area contributed by atoms with Gasteiger partial charge in [-0.25, -0.2) is 15.0 Å². The average Bonchev–Trinajstić information content (AvgIpc) is 3.14. The second-order valence-electron chi connectivity index (χ2n) is 4.10. The van der Waals surface area contributed by atoms with E-state index in [9.17, 15) is 0 Å². The lowest BCUT2D eigenvalue weighted by atomic mass is 10.2. The van der Waals surface area contributed by atoms with E-state index in [1.165, 1.54) is 11.2 Å². The van der Waals surface area contributed by atoms with Gasteiger partial charge in [0.05, 0.1) is 12.9 Å². The minimum absolute atomic E-state index is 0.0972. The number of aliphatic hydroxyl groups excluding tert-OH is 1. The van der Waals surface area contributed by atoms with E-state index in [1.54, 1.807) is 29.4 Å². The fourth-order valence-corrected chi connectivity index (χ4v) is 3.67. The van der Waals surface area contributed by atoms with Gasteiger partial charge in [-0.2, -0.15) is 0 Å². The summed E-state index contributed by atoms with van der Waals surface area (Å²) in [5.74, 6) is 6.85. The van der Waals surface area contributed by atoms with Gasteiger partial charge in [0.15, 0.2) is 5.65 Å². The first-order chi connectivity index (χ1) is 10.4. The molecule has 0 fully saturated rings. The van der Waals surface area contributed by atoms with Crippen molar-refractivity contribution in [2.45, 2.75) is 17.2 Å². The van der Waals surface area contributed by atoms with E-state index in [1.807, 2.05) is 11.4 Å². The number of aromatic nitrogens is 4. The van der Waals surface area contributed by atoms with Crippen LogP contribution < -0.4 is 0 Å². The number of thiophene rings is 1. The molecule has 0 unspecified atom stereocenters. The summed E-state index contributed by atoms with van der Waals surface area (Å²) in [7, 11) is 0. The van der Waals surface area contributed by atoms with Gasteiger partial charge in [0.1, 0.15) is 16.9 Å². The first kappa shape index (κ1) is 14.1. The molecule has 7 heteroatoms. The van der Waals surface area contributed by atoms with Crippen LogP contribution in [0.15, 0.2) is 29.1 Å². The van der Waals surface area contributed by atoms with Gasteiger partial charge in [0.25, 0.3) is 0 Å². The van der Waals surface area contributed by atoms with Crippen LogP contribution in [0.1, 0.15) is 16.9 Å². The Morgan fingerprint density at radius 1 is 1.33 bits per heavy atom. The molecule has 5 nitrogen and oxygen atoms in total. The highest BCUT2D eigenvalue weighted by molar-refractivity contribution is 7.98. The number of hydrogen-bond donors (Lipinski definition) is 2. The van der Waals surface area contributed by atoms with Crippen molar-refractivity contribution in [3.05, 3.63) is 34.5 Å². The van der Waals surface area contributed by atoms with Crippen molar-refractivity contribution in [3.8, 4) is 11.8 Å². The first-order valence-electron chi connectivity index (χ1n) is 6.31. The van der Waals surface area contributed by atoms with Gasteiger partial charge in [-0.05, 0) is 11.4 Å². The summed E-state index contributed by atoms with van der Waals surface area (Å²) >= 11 is 3.32. The molecule has 3 rings (SSSR count). The van der Waals surface area contributed by atoms with Gasteiger partial charge < -0.3 is 10.1 Å². The predicted octanol–water partition coefficient (Wildman–Crippen LogP) is 2.44. The van der Waals surface area contributed by atoms with Gasteiger partial charge in [0.2, 0.25) is 0 Å². The van der Waals surface area contributed by atoms with E-state index >= 15 is 0 Å². The number of imidazole rings is 1. The molecule has 0 atom stereocenters. The van der Waals surface area contributed by atoms with Crippen LogP contribution in [0, 0.1) is 11.8 Å². The minimum atomic E-state index is 0.0972. The molecule has 0 saturated carbocycles. The van der Waals surface area contributed by atoms with E-state index < -0.39 is 0 Å². The molecule has 0 aromatic carbocycles. The fraction of sp³-hybridized carbons (Fsp3) is 0.214. The van der Waals surface area contributed by atoms with E-state index in [4.69, 9.17) is 5.11 Å². The molecular weight excluding hydrogens is 304 g/mol. The molecule has 0 saturated heterocycles. The zero-order valence-corrected chi connectivity index (χ0v) is 12.7. The summed E-state index contributed by atoms with van der Waals surface area (Å²) in [6.45, 7) is 0.0972. The smallest absolute Gasteiger partial charge is 0.181 e. The summed E-state index contributed by atoms with van der Waals surface area (Å²) in [6.07, 6.45) is 3.66. The third-order valence-electron chi connectivity index (χ3n) is 2.73. The minimum Gasteiger partial charge on any atom is -0.395 e. The van der Waals surface area contributed by atoms with Crippen molar-refractivity contribution in [1.82, 2.24) is 19.9 Å². The lowest BCUT2D eigenvalue weighted by Gasteiger charge is -2.00. The Bertz CT molecular complexity index is 800. The number of nitrogens with zero attached hydrogens (tertiary/aromatic N) is 3. The van der Waals surface area contributed by atoms with Crippen LogP contribution in [0.3, 0.4) is 0 Å². The number of nitrogens with one attached hydrogen (secondary N) is 1. The van der Waals surface area contributed by atoms with Crippen LogP contribution in [-0.4, -0.2) is 31.6 Å². The number of thioether (sulfide) groups is 1. The molecule has 0 aliphatic carbocycles. The summed E-state index contributed by atoms with van der Waals surface area (Å²) < 4.78 is 0. The third-order valence-corrected chi connectivity index (χ3v) is 4.85. The second-order valence-corrected chi connectivity index (χ2v) is 6.07. The van der Waals surface area contributed by atoms with Gasteiger partial charge in [0, 0.05) is 22.6 Å². The molecule has 0 bridgehead atoms. The van der Waals surface area contributed by atoms with E-state index in [0.717, 1.165) is 21.9 Å². The van der Waals surface area contributed by atoms with Crippen LogP contribution in [0.25, 0.3) is 11.2 Å². The molecule has 21 heavy (non-hydrogen) atoms. The predicted molar refractivity (Wildman–Crippen MR) is 84.1 cm³/mol. The summed E-state index contributed by atoms with van der Waals surface area (Å²) in [4.78, 5) is 16.8. The molecule has 3 aromatic heterocycles. The number of fused-ring (bicyclic) bond motifs is 1. The molecule has 3 heterocycles. The zero-order valence-electron chi connectivity index (χ0n) is 11.0. The number of aromatic amines is 1. The van der Waals surface area contributed by atoms with Crippen molar-refractivity contribution in [1.29, 1.82) is 0 Å². The first-order valence-corrected chi connectivity index (χ1v) is 8.18. The number of rotatable bonds is 4. The maximum absolute atomic E-state index is 8.77. The third kappa shape index (κ3) is 3.24. The van der Waals surface area contributed by atoms with Crippen LogP contribution in [0.5, 0.6) is 0 Å². The lowest BCUT2D eigenvalue weighted by Crippen LogP contribution is -1.87. The highest BCUT2D eigenvalue weighted by Gasteiger charge is 2.08. The topological polar surface area (TPSA) is 74.7 Å². The largest absolute Gasteiger partial charge is 0.395 e. The van der Waals surface area contributed by atoms with Crippen LogP contribution in [0.2, 0.25) is 0 Å². The molecule has 0 radical (unpaired) electrons. The van der Waals surface area contributed by atoms with Crippen molar-refractivity contribution >= 4 is 34.3 Å². The Kier molecular flexibility index (Phi) is 4.50. The Hall–Kier alpha value is -1.88. The highest BCUT2D eigenvalue weighted by Crippen LogP contribution is 2.29. The Balaban J connectivity index is 1.75. The van der Waals surface area contributed by atoms with Crippen LogP contribution >= 0.6 is 23.1 Å². The standard InChI is InChI=1S/C14H12N4OS2/c19-5-2-1-3-10-4-6-20-11(10)7-21-14-12-13(16-8-15-12)17-9-18-14/h4,6,8-9,19H,2,5,7H2,(H,15,16,17,18). The van der Waals surface area contributed by atoms with E-state index in [2.05, 4.69) is 31.8 Å². The molecule has 3 aromatic rings. The molecule has 0 aliphatic heterocycles. The summed E-state index contributed by atoms with van der Waals surface area (Å²) in [6, 6.07) is 2.01. The Morgan fingerprint density at radius 3 is 3.19 bits per heavy atom. The normalized spacial score (nSPS) is 10.5. The molecule has 2 N–H and O–H groups in total. The second kappa shape index (κ2) is 6.72. The fourth-order valence-electron chi connectivity index (χ4n) is 1.76. The zero-order chi connectivity index (χ0) is 14.5. The van der Waals surface area contributed by atoms with Crippen molar-refractivity contribution in [2.24, 2.45) is 0 Å². The quantitative estimate of drug-likeness (QED) is 0.439. The number of aliphatic hydroxyl groups is 1. The van der Waals surface area contributed by atoms with Gasteiger partial charge in [-0.15, -0.1) is 11.3 Å².